The molecule has 0 aromatic heterocycles. The van der Waals surface area contributed by atoms with E-state index < -0.39 is 0 Å². The second-order valence-corrected chi connectivity index (χ2v) is 7.59. The molecule has 2 fully saturated rings. The lowest BCUT2D eigenvalue weighted by atomic mass is 10.0. The van der Waals surface area contributed by atoms with Crippen LogP contribution in [0.3, 0.4) is 0 Å². The maximum Gasteiger partial charge on any atom is 0.285 e. The Bertz CT molecular complexity index is 632. The van der Waals surface area contributed by atoms with Gasteiger partial charge < -0.3 is 14.7 Å². The topological polar surface area (TPSA) is 47.6 Å². The lowest BCUT2D eigenvalue weighted by molar-refractivity contribution is -0.938. The monoisotopic (exact) mass is 333 g/mol. The minimum absolute atomic E-state index is 0.125. The first kappa shape index (κ1) is 17.2. The van der Waals surface area contributed by atoms with E-state index in [1.807, 2.05) is 19.9 Å². The van der Waals surface area contributed by atoms with Crippen molar-refractivity contribution in [3.05, 3.63) is 23.3 Å². The van der Waals surface area contributed by atoms with Crippen molar-refractivity contribution in [2.24, 2.45) is 0 Å². The molecular weight excluding hydrogens is 304 g/mol. The van der Waals surface area contributed by atoms with Gasteiger partial charge in [-0.3, -0.25) is 4.79 Å². The van der Waals surface area contributed by atoms with Gasteiger partial charge in [0.15, 0.2) is 11.3 Å². The Balaban J connectivity index is 1.85. The molecule has 2 aliphatic rings. The van der Waals surface area contributed by atoms with E-state index in [0.717, 1.165) is 47.2 Å². The van der Waals surface area contributed by atoms with Crippen LogP contribution in [0.15, 0.2) is 12.1 Å². The number of benzene rings is 1. The Labute approximate surface area is 144 Å². The van der Waals surface area contributed by atoms with Crippen LogP contribution in [0.2, 0.25) is 0 Å². The molecule has 132 valence electrons. The molecule has 1 heterocycles. The number of rotatable bonds is 5. The predicted molar refractivity (Wildman–Crippen MR) is 93.9 cm³/mol. The van der Waals surface area contributed by atoms with Gasteiger partial charge in [0.2, 0.25) is 0 Å². The zero-order valence-corrected chi connectivity index (χ0v) is 15.3. The van der Waals surface area contributed by atoms with E-state index in [2.05, 4.69) is 18.4 Å². The van der Waals surface area contributed by atoms with Crippen molar-refractivity contribution in [1.29, 1.82) is 0 Å². The number of amides is 1. The number of quaternary nitrogens is 1. The van der Waals surface area contributed by atoms with E-state index in [9.17, 15) is 4.79 Å². The summed E-state index contributed by atoms with van der Waals surface area (Å²) < 4.78 is 0.879. The lowest BCUT2D eigenvalue weighted by Crippen LogP contribution is -2.61. The van der Waals surface area contributed by atoms with Crippen LogP contribution in [0.1, 0.15) is 43.2 Å². The molecule has 0 atom stereocenters. The first-order valence-electron chi connectivity index (χ1n) is 8.90. The number of nitrogens with zero attached hydrogens (tertiary/aromatic N) is 1. The van der Waals surface area contributed by atoms with E-state index in [4.69, 9.17) is 9.78 Å². The highest BCUT2D eigenvalue weighted by atomic mass is 17.2. The van der Waals surface area contributed by atoms with Crippen molar-refractivity contribution in [3.8, 4) is 5.75 Å². The van der Waals surface area contributed by atoms with E-state index in [-0.39, 0.29) is 11.4 Å². The quantitative estimate of drug-likeness (QED) is 0.511. The predicted octanol–water partition coefficient (Wildman–Crippen LogP) is 3.35. The molecule has 1 N–H and O–H groups in total. The zero-order chi connectivity index (χ0) is 17.4. The van der Waals surface area contributed by atoms with Gasteiger partial charge in [-0.2, -0.15) is 4.89 Å². The second kappa shape index (κ2) is 6.37. The lowest BCUT2D eigenvalue weighted by Gasteiger charge is -2.44. The Morgan fingerprint density at radius 1 is 1.17 bits per heavy atom. The van der Waals surface area contributed by atoms with Gasteiger partial charge in [0, 0.05) is 12.8 Å². The Morgan fingerprint density at radius 2 is 1.83 bits per heavy atom. The maximum atomic E-state index is 13.2. The van der Waals surface area contributed by atoms with Crippen molar-refractivity contribution in [2.75, 3.05) is 32.6 Å². The highest BCUT2D eigenvalue weighted by molar-refractivity contribution is 6.01. The number of piperidine rings is 1. The minimum atomic E-state index is -0.262. The smallest absolute Gasteiger partial charge is 0.285 e. The molecule has 5 nitrogen and oxygen atoms in total. The molecule has 24 heavy (non-hydrogen) atoms. The molecule has 0 spiro atoms. The molecule has 1 aliphatic heterocycles. The van der Waals surface area contributed by atoms with Crippen molar-refractivity contribution in [3.63, 3.8) is 0 Å². The first-order valence-corrected chi connectivity index (χ1v) is 8.90. The molecule has 1 aromatic rings. The van der Waals surface area contributed by atoms with Gasteiger partial charge in [-0.1, -0.05) is 6.07 Å². The number of anilines is 1. The van der Waals surface area contributed by atoms with Crippen molar-refractivity contribution in [2.45, 2.75) is 51.5 Å². The molecule has 0 bridgehead atoms. The molecule has 0 radical (unpaired) electrons. The third-order valence-corrected chi connectivity index (χ3v) is 5.84. The van der Waals surface area contributed by atoms with Crippen molar-refractivity contribution >= 4 is 11.6 Å². The number of hydrogen-bond acceptors (Lipinski definition) is 3. The van der Waals surface area contributed by atoms with Gasteiger partial charge in [0.25, 0.3) is 5.91 Å². The molecular formula is C19H29N2O3+. The van der Waals surface area contributed by atoms with Crippen LogP contribution < -0.4 is 10.2 Å². The van der Waals surface area contributed by atoms with Gasteiger partial charge in [-0.15, -0.1) is 0 Å². The third-order valence-electron chi connectivity index (χ3n) is 5.84. The summed E-state index contributed by atoms with van der Waals surface area (Å²) in [6.45, 7) is 6.19. The van der Waals surface area contributed by atoms with Crippen LogP contribution in [0.4, 0.5) is 5.69 Å². The van der Waals surface area contributed by atoms with E-state index in [1.165, 1.54) is 26.4 Å². The Hall–Kier alpha value is -1.59. The number of nitrogens with one attached hydrogen (secondary N) is 1. The zero-order valence-electron chi connectivity index (χ0n) is 15.3. The summed E-state index contributed by atoms with van der Waals surface area (Å²) in [6, 6.07) is 3.94. The second-order valence-electron chi connectivity index (χ2n) is 7.59. The SMILES string of the molecule is COOc1cc(C)cc(C)c1NC(=O)C1([N+]2(C)CCCCC2)CC1. The largest absolute Gasteiger partial charge is 0.336 e. The van der Waals surface area contributed by atoms with Crippen LogP contribution >= 0.6 is 0 Å². The molecule has 3 rings (SSSR count). The van der Waals surface area contributed by atoms with Crippen LogP contribution in [-0.2, 0) is 9.68 Å². The fourth-order valence-corrected chi connectivity index (χ4v) is 4.24. The number of likely N-dealkylation sites (tertiary alicyclic amines) is 1. The van der Waals surface area contributed by atoms with Gasteiger partial charge >= 0.3 is 0 Å². The van der Waals surface area contributed by atoms with Crippen LogP contribution in [-0.4, -0.2) is 43.2 Å². The normalized spacial score (nSPS) is 21.2. The van der Waals surface area contributed by atoms with E-state index in [1.54, 1.807) is 0 Å². The highest BCUT2D eigenvalue weighted by Crippen LogP contribution is 2.49. The molecule has 1 saturated heterocycles. The third kappa shape index (κ3) is 2.91. The number of hydrogen-bond donors (Lipinski definition) is 1. The number of carbonyl (C=O) groups is 1. The average molecular weight is 333 g/mol. The van der Waals surface area contributed by atoms with Crippen LogP contribution in [0, 0.1) is 13.8 Å². The Morgan fingerprint density at radius 3 is 2.42 bits per heavy atom. The van der Waals surface area contributed by atoms with Crippen molar-refractivity contribution < 1.29 is 19.1 Å². The highest BCUT2D eigenvalue weighted by Gasteiger charge is 2.64. The summed E-state index contributed by atoms with van der Waals surface area (Å²) in [5, 5.41) is 3.16. The van der Waals surface area contributed by atoms with Crippen molar-refractivity contribution in [1.82, 2.24) is 0 Å². The summed E-state index contributed by atoms with van der Waals surface area (Å²) in [5.74, 6) is 0.695. The van der Waals surface area contributed by atoms with Gasteiger partial charge in [-0.05, 0) is 50.3 Å². The van der Waals surface area contributed by atoms with Crippen LogP contribution in [0.25, 0.3) is 0 Å². The molecule has 5 heteroatoms. The number of aryl methyl sites for hydroxylation is 2. The summed E-state index contributed by atoms with van der Waals surface area (Å²) in [7, 11) is 3.73. The van der Waals surface area contributed by atoms with E-state index >= 15 is 0 Å². The minimum Gasteiger partial charge on any atom is -0.336 e. The fourth-order valence-electron chi connectivity index (χ4n) is 4.24. The van der Waals surface area contributed by atoms with Gasteiger partial charge in [-0.25, -0.2) is 0 Å². The molecule has 1 amide bonds. The number of likely N-dealkylation sites (N-methyl/N-ethyl adjacent to an activating group) is 1. The standard InChI is InChI=1S/C19H28N2O3/c1-14-12-15(2)17(16(13-14)24-23-4)20-18(22)19(8-9-19)21(3)10-6-5-7-11-21/h12-13H,5-11H2,1-4H3/p+1. The maximum absolute atomic E-state index is 13.2. The van der Waals surface area contributed by atoms with Gasteiger partial charge in [0.1, 0.15) is 0 Å². The van der Waals surface area contributed by atoms with E-state index in [0.29, 0.717) is 5.75 Å². The molecule has 1 saturated carbocycles. The molecule has 0 unspecified atom stereocenters. The van der Waals surface area contributed by atoms with Gasteiger partial charge in [0.05, 0.1) is 32.9 Å². The molecule has 1 aliphatic carbocycles. The summed E-state index contributed by atoms with van der Waals surface area (Å²) >= 11 is 0. The number of carbonyl (C=O) groups excluding carboxylic acids is 1. The van der Waals surface area contributed by atoms with Crippen LogP contribution in [0.5, 0.6) is 5.75 Å². The first-order chi connectivity index (χ1) is 11.4. The summed E-state index contributed by atoms with van der Waals surface area (Å²) in [4.78, 5) is 23.3. The fraction of sp³-hybridized carbons (Fsp3) is 0.632. The summed E-state index contributed by atoms with van der Waals surface area (Å²) in [6.07, 6.45) is 5.66. The Kier molecular flexibility index (Phi) is 4.58. The summed E-state index contributed by atoms with van der Waals surface area (Å²) in [5.41, 5.74) is 2.53. The average Bonchev–Trinajstić information content (AvgIpc) is 3.34. The molecule has 1 aromatic carbocycles.